The largest absolute Gasteiger partial charge is 0.309 e. The minimum absolute atomic E-state index is 0.903. The molecule has 0 saturated heterocycles. The third-order valence-corrected chi connectivity index (χ3v) is 11.1. The van der Waals surface area contributed by atoms with Crippen LogP contribution in [-0.4, -0.2) is 19.1 Å². The van der Waals surface area contributed by atoms with E-state index in [0.717, 1.165) is 38.6 Å². The lowest BCUT2D eigenvalue weighted by Crippen LogP contribution is -1.99. The van der Waals surface area contributed by atoms with Crippen LogP contribution in [0.4, 0.5) is 0 Å². The first-order valence-electron chi connectivity index (χ1n) is 16.5. The fourth-order valence-corrected chi connectivity index (χ4v) is 8.87. The Morgan fingerprint density at radius 3 is 1.98 bits per heavy atom. The summed E-state index contributed by atoms with van der Waals surface area (Å²) in [6, 6.07) is 54.6. The molecule has 0 spiro atoms. The number of rotatable bonds is 3. The molecule has 0 aliphatic carbocycles. The highest BCUT2D eigenvalue weighted by molar-refractivity contribution is 7.21. The van der Waals surface area contributed by atoms with E-state index in [2.05, 4.69) is 155 Å². The Balaban J connectivity index is 1.26. The maximum atomic E-state index is 5.01. The molecule has 5 heteroatoms. The van der Waals surface area contributed by atoms with Gasteiger partial charge in [0.1, 0.15) is 10.8 Å². The van der Waals surface area contributed by atoms with E-state index in [-0.39, 0.29) is 0 Å². The minimum atomic E-state index is 0.903. The lowest BCUT2D eigenvalue weighted by atomic mass is 9.97. The Kier molecular flexibility index (Phi) is 5.51. The van der Waals surface area contributed by atoms with Crippen molar-refractivity contribution in [2.24, 2.45) is 0 Å². The first kappa shape index (κ1) is 26.7. The van der Waals surface area contributed by atoms with Gasteiger partial charge in [0.25, 0.3) is 0 Å². The molecular weight excluding hydrogens is 617 g/mol. The summed E-state index contributed by atoms with van der Waals surface area (Å²) >= 11 is 1.74. The minimum Gasteiger partial charge on any atom is -0.309 e. The van der Waals surface area contributed by atoms with Crippen LogP contribution < -0.4 is 0 Å². The molecule has 0 amide bonds. The third kappa shape index (κ3) is 3.79. The number of hydrogen-bond donors (Lipinski definition) is 0. The zero-order valence-electron chi connectivity index (χ0n) is 26.2. The van der Waals surface area contributed by atoms with E-state index in [4.69, 9.17) is 9.97 Å². The summed E-state index contributed by atoms with van der Waals surface area (Å²) in [6.07, 6.45) is 1.89. The number of pyridine rings is 1. The lowest BCUT2D eigenvalue weighted by molar-refractivity contribution is 1.08. The maximum absolute atomic E-state index is 5.01. The van der Waals surface area contributed by atoms with E-state index >= 15 is 0 Å². The molecule has 4 aromatic heterocycles. The van der Waals surface area contributed by atoms with Crippen molar-refractivity contribution in [3.05, 3.63) is 158 Å². The van der Waals surface area contributed by atoms with Crippen molar-refractivity contribution in [1.82, 2.24) is 19.1 Å². The van der Waals surface area contributed by atoms with Crippen LogP contribution >= 0.6 is 11.3 Å². The average molecular weight is 643 g/mol. The first-order valence-corrected chi connectivity index (χ1v) is 17.3. The van der Waals surface area contributed by atoms with Crippen LogP contribution in [0.2, 0.25) is 0 Å². The molecule has 0 radical (unpaired) electrons. The molecule has 0 fully saturated rings. The first-order chi connectivity index (χ1) is 24.3. The Labute approximate surface area is 284 Å². The van der Waals surface area contributed by atoms with Gasteiger partial charge in [0.15, 0.2) is 0 Å². The predicted molar refractivity (Wildman–Crippen MR) is 207 cm³/mol. The van der Waals surface area contributed by atoms with Gasteiger partial charge < -0.3 is 4.57 Å². The van der Waals surface area contributed by atoms with Gasteiger partial charge >= 0.3 is 0 Å². The molecule has 0 aliphatic heterocycles. The SMILES string of the molecule is c1ccc(-n2c3cc(-n4c5ccccc5c5ccc(-c6nc7ccccc7s6)cc54)ccc3c3c4ccccc4c4ccccc4c32)nc1. The molecule has 0 atom stereocenters. The van der Waals surface area contributed by atoms with E-state index in [1.54, 1.807) is 11.3 Å². The lowest BCUT2D eigenvalue weighted by Gasteiger charge is -2.12. The van der Waals surface area contributed by atoms with Crippen molar-refractivity contribution in [3.8, 4) is 22.1 Å². The van der Waals surface area contributed by atoms with Crippen LogP contribution in [0.5, 0.6) is 0 Å². The highest BCUT2D eigenvalue weighted by atomic mass is 32.1. The van der Waals surface area contributed by atoms with Crippen LogP contribution in [-0.2, 0) is 0 Å². The number of para-hydroxylation sites is 2. The van der Waals surface area contributed by atoms with Gasteiger partial charge in [-0.15, -0.1) is 11.3 Å². The third-order valence-electron chi connectivity index (χ3n) is 9.97. The van der Waals surface area contributed by atoms with Crippen LogP contribution in [0.25, 0.3) is 97.4 Å². The Hall–Kier alpha value is -6.30. The molecule has 0 saturated carbocycles. The highest BCUT2D eigenvalue weighted by Crippen LogP contribution is 2.43. The van der Waals surface area contributed by atoms with E-state index in [9.17, 15) is 0 Å². The normalized spacial score (nSPS) is 12.1. The second kappa shape index (κ2) is 10.1. The average Bonchev–Trinajstić information content (AvgIpc) is 3.85. The van der Waals surface area contributed by atoms with Gasteiger partial charge in [-0.25, -0.2) is 9.97 Å². The molecule has 11 aromatic rings. The molecule has 7 aromatic carbocycles. The quantitative estimate of drug-likeness (QED) is 0.180. The van der Waals surface area contributed by atoms with Gasteiger partial charge in [-0.2, -0.15) is 0 Å². The van der Waals surface area contributed by atoms with Gasteiger partial charge in [0, 0.05) is 44.4 Å². The summed E-state index contributed by atoms with van der Waals surface area (Å²) in [4.78, 5) is 9.92. The van der Waals surface area contributed by atoms with Crippen LogP contribution in [0, 0.1) is 0 Å². The second-order valence-corrected chi connectivity index (χ2v) is 13.6. The van der Waals surface area contributed by atoms with Crippen molar-refractivity contribution in [2.45, 2.75) is 0 Å². The van der Waals surface area contributed by atoms with Crippen molar-refractivity contribution >= 4 is 86.7 Å². The maximum Gasteiger partial charge on any atom is 0.137 e. The van der Waals surface area contributed by atoms with Crippen molar-refractivity contribution in [2.75, 3.05) is 0 Å². The fourth-order valence-electron chi connectivity index (χ4n) is 7.90. The zero-order valence-corrected chi connectivity index (χ0v) is 27.0. The second-order valence-electron chi connectivity index (χ2n) is 12.6. The number of fused-ring (bicyclic) bond motifs is 12. The van der Waals surface area contributed by atoms with Gasteiger partial charge in [-0.05, 0) is 64.7 Å². The van der Waals surface area contributed by atoms with Gasteiger partial charge in [0.2, 0.25) is 0 Å². The summed E-state index contributed by atoms with van der Waals surface area (Å²) in [5.41, 5.74) is 7.91. The molecule has 4 nitrogen and oxygen atoms in total. The molecule has 0 unspecified atom stereocenters. The molecule has 228 valence electrons. The van der Waals surface area contributed by atoms with Crippen LogP contribution in [0.15, 0.2) is 158 Å². The molecule has 0 bridgehead atoms. The van der Waals surface area contributed by atoms with E-state index in [0.29, 0.717) is 0 Å². The smallest absolute Gasteiger partial charge is 0.137 e. The fraction of sp³-hybridized carbons (Fsp3) is 0. The highest BCUT2D eigenvalue weighted by Gasteiger charge is 2.21. The summed E-state index contributed by atoms with van der Waals surface area (Å²) in [6.45, 7) is 0. The summed E-state index contributed by atoms with van der Waals surface area (Å²) in [7, 11) is 0. The van der Waals surface area contributed by atoms with Crippen molar-refractivity contribution in [3.63, 3.8) is 0 Å². The number of thiazole rings is 1. The van der Waals surface area contributed by atoms with Crippen molar-refractivity contribution < 1.29 is 0 Å². The standard InChI is InChI=1S/C44H26N4S/c1-3-14-33-29(11-1)30-12-2-4-15-34(30)43-42(33)35-23-21-28(26-39(35)48(43)41-19-9-10-24-45-41)47-37-17-7-5-13-31(37)32-22-20-27(25-38(32)47)44-46-36-16-6-8-18-40(36)49-44/h1-26H. The monoisotopic (exact) mass is 642 g/mol. The summed E-state index contributed by atoms with van der Waals surface area (Å²) in [5, 5.41) is 10.9. The molecule has 4 heterocycles. The number of benzene rings is 7. The van der Waals surface area contributed by atoms with Crippen molar-refractivity contribution in [1.29, 1.82) is 0 Å². The Bertz CT molecular complexity index is 3080. The summed E-state index contributed by atoms with van der Waals surface area (Å²) < 4.78 is 5.98. The molecule has 11 rings (SSSR count). The van der Waals surface area contributed by atoms with Gasteiger partial charge in [-0.1, -0.05) is 103 Å². The molecule has 49 heavy (non-hydrogen) atoms. The van der Waals surface area contributed by atoms with Crippen LogP contribution in [0.3, 0.4) is 0 Å². The molecular formula is C44H26N4S. The topological polar surface area (TPSA) is 35.6 Å². The number of nitrogens with zero attached hydrogens (tertiary/aromatic N) is 4. The Morgan fingerprint density at radius 2 is 1.14 bits per heavy atom. The number of hydrogen-bond acceptors (Lipinski definition) is 3. The predicted octanol–water partition coefficient (Wildman–Crippen LogP) is 11.9. The zero-order chi connectivity index (χ0) is 32.1. The van der Waals surface area contributed by atoms with E-state index in [1.165, 1.54) is 58.8 Å². The number of aromatic nitrogens is 4. The van der Waals surface area contributed by atoms with E-state index in [1.807, 2.05) is 12.3 Å². The Morgan fingerprint density at radius 1 is 0.469 bits per heavy atom. The van der Waals surface area contributed by atoms with Gasteiger partial charge in [0.05, 0.1) is 32.3 Å². The summed E-state index contributed by atoms with van der Waals surface area (Å²) in [5.74, 6) is 0.903. The molecule has 0 aliphatic rings. The molecule has 0 N–H and O–H groups in total. The van der Waals surface area contributed by atoms with Crippen LogP contribution in [0.1, 0.15) is 0 Å². The van der Waals surface area contributed by atoms with Gasteiger partial charge in [-0.3, -0.25) is 4.57 Å². The van der Waals surface area contributed by atoms with E-state index < -0.39 is 0 Å².